The lowest BCUT2D eigenvalue weighted by atomic mass is 10.3. The van der Waals surface area contributed by atoms with Gasteiger partial charge in [0.2, 0.25) is 5.91 Å². The third-order valence-corrected chi connectivity index (χ3v) is 2.22. The zero-order chi connectivity index (χ0) is 13.4. The fourth-order valence-corrected chi connectivity index (χ4v) is 1.33. The zero-order valence-corrected chi connectivity index (χ0v) is 10.6. The number of benzene rings is 1. The third kappa shape index (κ3) is 4.86. The van der Waals surface area contributed by atoms with Gasteiger partial charge in [-0.1, -0.05) is 18.2 Å². The number of nitrogens with one attached hydrogen (secondary N) is 2. The van der Waals surface area contributed by atoms with Gasteiger partial charge < -0.3 is 15.4 Å². The maximum absolute atomic E-state index is 11.6. The van der Waals surface area contributed by atoms with Crippen molar-refractivity contribution in [2.45, 2.75) is 20.0 Å². The van der Waals surface area contributed by atoms with E-state index in [-0.39, 0.29) is 18.4 Å². The first-order valence-electron chi connectivity index (χ1n) is 5.89. The fourth-order valence-electron chi connectivity index (χ4n) is 1.33. The average molecular weight is 250 g/mol. The Balaban J connectivity index is 2.35. The van der Waals surface area contributed by atoms with Crippen LogP contribution in [0.15, 0.2) is 30.3 Å². The van der Waals surface area contributed by atoms with Gasteiger partial charge in [-0.15, -0.1) is 0 Å². The average Bonchev–Trinajstić information content (AvgIpc) is 2.37. The van der Waals surface area contributed by atoms with Crippen LogP contribution in [0.3, 0.4) is 0 Å². The monoisotopic (exact) mass is 250 g/mol. The van der Waals surface area contributed by atoms with Crippen LogP contribution in [0.25, 0.3) is 0 Å². The Labute approximate surface area is 107 Å². The predicted octanol–water partition coefficient (Wildman–Crippen LogP) is 0.706. The van der Waals surface area contributed by atoms with Crippen LogP contribution in [-0.2, 0) is 9.59 Å². The van der Waals surface area contributed by atoms with Gasteiger partial charge in [-0.05, 0) is 26.0 Å². The molecule has 0 heterocycles. The number of likely N-dealkylation sites (N-methyl/N-ethyl adjacent to an activating group) is 1. The molecule has 1 rings (SSSR count). The summed E-state index contributed by atoms with van der Waals surface area (Å²) in [5.41, 5.74) is 0. The van der Waals surface area contributed by atoms with E-state index in [9.17, 15) is 9.59 Å². The number of ether oxygens (including phenoxy) is 1. The second-order valence-electron chi connectivity index (χ2n) is 3.74. The van der Waals surface area contributed by atoms with Crippen LogP contribution in [0.4, 0.5) is 0 Å². The molecule has 0 fully saturated rings. The van der Waals surface area contributed by atoms with Crippen LogP contribution >= 0.6 is 0 Å². The summed E-state index contributed by atoms with van der Waals surface area (Å²) >= 11 is 0. The Bertz CT molecular complexity index is 392. The van der Waals surface area contributed by atoms with Gasteiger partial charge in [-0.2, -0.15) is 0 Å². The van der Waals surface area contributed by atoms with Crippen molar-refractivity contribution in [3.8, 4) is 5.75 Å². The molecule has 5 heteroatoms. The standard InChI is InChI=1S/C13H18N2O3/c1-3-14-12(16)9-15-13(17)10(2)18-11-7-5-4-6-8-11/h4-8,10H,3,9H2,1-2H3,(H,14,16)(H,15,17). The first-order valence-corrected chi connectivity index (χ1v) is 5.89. The van der Waals surface area contributed by atoms with Crippen molar-refractivity contribution >= 4 is 11.8 Å². The molecule has 0 saturated heterocycles. The number of hydrogen-bond acceptors (Lipinski definition) is 3. The Hall–Kier alpha value is -2.04. The van der Waals surface area contributed by atoms with Crippen molar-refractivity contribution in [2.75, 3.05) is 13.1 Å². The summed E-state index contributed by atoms with van der Waals surface area (Å²) < 4.78 is 5.42. The van der Waals surface area contributed by atoms with E-state index < -0.39 is 6.10 Å². The summed E-state index contributed by atoms with van der Waals surface area (Å²) in [6.07, 6.45) is -0.637. The molecule has 18 heavy (non-hydrogen) atoms. The number of amides is 2. The number of hydrogen-bond donors (Lipinski definition) is 2. The maximum Gasteiger partial charge on any atom is 0.261 e. The van der Waals surface area contributed by atoms with Crippen molar-refractivity contribution < 1.29 is 14.3 Å². The SMILES string of the molecule is CCNC(=O)CNC(=O)C(C)Oc1ccccc1. The molecule has 0 bridgehead atoms. The molecule has 2 N–H and O–H groups in total. The number of carbonyl (C=O) groups excluding carboxylic acids is 2. The first kappa shape index (κ1) is 14.0. The van der Waals surface area contributed by atoms with Gasteiger partial charge in [0.05, 0.1) is 6.54 Å². The Morgan fingerprint density at radius 1 is 1.22 bits per heavy atom. The minimum Gasteiger partial charge on any atom is -0.481 e. The van der Waals surface area contributed by atoms with E-state index in [0.717, 1.165) is 0 Å². The quantitative estimate of drug-likeness (QED) is 0.781. The second-order valence-corrected chi connectivity index (χ2v) is 3.74. The van der Waals surface area contributed by atoms with E-state index >= 15 is 0 Å². The van der Waals surface area contributed by atoms with Crippen molar-refractivity contribution in [1.82, 2.24) is 10.6 Å². The van der Waals surface area contributed by atoms with E-state index in [1.807, 2.05) is 25.1 Å². The lowest BCUT2D eigenvalue weighted by Gasteiger charge is -2.14. The molecule has 1 unspecified atom stereocenters. The van der Waals surface area contributed by atoms with E-state index in [0.29, 0.717) is 12.3 Å². The summed E-state index contributed by atoms with van der Waals surface area (Å²) in [4.78, 5) is 22.8. The van der Waals surface area contributed by atoms with Crippen molar-refractivity contribution in [3.05, 3.63) is 30.3 Å². The van der Waals surface area contributed by atoms with Crippen molar-refractivity contribution in [3.63, 3.8) is 0 Å². The molecule has 1 aromatic rings. The molecule has 0 saturated carbocycles. The molecule has 5 nitrogen and oxygen atoms in total. The molecule has 0 aliphatic carbocycles. The molecule has 0 spiro atoms. The molecule has 0 aliphatic heterocycles. The molecule has 0 aliphatic rings. The minimum atomic E-state index is -0.637. The lowest BCUT2D eigenvalue weighted by molar-refractivity contribution is -0.130. The number of carbonyl (C=O) groups is 2. The molecule has 0 aromatic heterocycles. The topological polar surface area (TPSA) is 67.4 Å². The van der Waals surface area contributed by atoms with E-state index in [1.165, 1.54) is 0 Å². The summed E-state index contributed by atoms with van der Waals surface area (Å²) in [5.74, 6) is 0.0982. The van der Waals surface area contributed by atoms with Gasteiger partial charge in [-0.25, -0.2) is 0 Å². The number of para-hydroxylation sites is 1. The number of rotatable bonds is 6. The zero-order valence-electron chi connectivity index (χ0n) is 10.6. The van der Waals surface area contributed by atoms with Crippen LogP contribution in [0, 0.1) is 0 Å². The molecule has 98 valence electrons. The highest BCUT2D eigenvalue weighted by Crippen LogP contribution is 2.10. The first-order chi connectivity index (χ1) is 8.63. The van der Waals surface area contributed by atoms with Crippen LogP contribution in [0.5, 0.6) is 5.75 Å². The minimum absolute atomic E-state index is 0.0326. The van der Waals surface area contributed by atoms with E-state index in [1.54, 1.807) is 19.1 Å². The van der Waals surface area contributed by atoms with Gasteiger partial charge in [0.1, 0.15) is 5.75 Å². The van der Waals surface area contributed by atoms with Crippen LogP contribution < -0.4 is 15.4 Å². The molecule has 1 aromatic carbocycles. The van der Waals surface area contributed by atoms with Crippen molar-refractivity contribution in [2.24, 2.45) is 0 Å². The Kier molecular flexibility index (Phi) is 5.70. The lowest BCUT2D eigenvalue weighted by Crippen LogP contribution is -2.42. The summed E-state index contributed by atoms with van der Waals surface area (Å²) in [7, 11) is 0. The van der Waals surface area contributed by atoms with Gasteiger partial charge in [0.15, 0.2) is 6.10 Å². The Morgan fingerprint density at radius 3 is 2.50 bits per heavy atom. The molecule has 1 atom stereocenters. The highest BCUT2D eigenvalue weighted by molar-refractivity contribution is 5.86. The fraction of sp³-hybridized carbons (Fsp3) is 0.385. The predicted molar refractivity (Wildman–Crippen MR) is 68.2 cm³/mol. The maximum atomic E-state index is 11.6. The summed E-state index contributed by atoms with van der Waals surface area (Å²) in [6, 6.07) is 9.07. The smallest absolute Gasteiger partial charge is 0.261 e. The van der Waals surface area contributed by atoms with Crippen LogP contribution in [0.2, 0.25) is 0 Å². The highest BCUT2D eigenvalue weighted by atomic mass is 16.5. The highest BCUT2D eigenvalue weighted by Gasteiger charge is 2.14. The van der Waals surface area contributed by atoms with Crippen LogP contribution in [0.1, 0.15) is 13.8 Å². The van der Waals surface area contributed by atoms with Gasteiger partial charge in [0.25, 0.3) is 5.91 Å². The molecule has 0 radical (unpaired) electrons. The molecular formula is C13H18N2O3. The van der Waals surface area contributed by atoms with Crippen LogP contribution in [-0.4, -0.2) is 31.0 Å². The van der Waals surface area contributed by atoms with E-state index in [2.05, 4.69) is 10.6 Å². The largest absolute Gasteiger partial charge is 0.481 e. The molecule has 2 amide bonds. The second kappa shape index (κ2) is 7.32. The third-order valence-electron chi connectivity index (χ3n) is 2.22. The summed E-state index contributed by atoms with van der Waals surface area (Å²) in [6.45, 7) is 3.97. The summed E-state index contributed by atoms with van der Waals surface area (Å²) in [5, 5.41) is 5.11. The molecular weight excluding hydrogens is 232 g/mol. The normalized spacial score (nSPS) is 11.4. The van der Waals surface area contributed by atoms with Crippen molar-refractivity contribution in [1.29, 1.82) is 0 Å². The van der Waals surface area contributed by atoms with Gasteiger partial charge >= 0.3 is 0 Å². The Morgan fingerprint density at radius 2 is 1.89 bits per heavy atom. The van der Waals surface area contributed by atoms with Gasteiger partial charge in [-0.3, -0.25) is 9.59 Å². The van der Waals surface area contributed by atoms with Gasteiger partial charge in [0, 0.05) is 6.54 Å². The van der Waals surface area contributed by atoms with E-state index in [4.69, 9.17) is 4.74 Å².